The minimum Gasteiger partial charge on any atom is -0.236 e. The Hall–Kier alpha value is -2.67. The van der Waals surface area contributed by atoms with E-state index in [1.165, 1.54) is 22.7 Å². The zero-order valence-electron chi connectivity index (χ0n) is 12.8. The standard InChI is InChI=1S/C17H10ClF3N4/c1-9-6-14-22-8-10-7-12(15(18)23-16(10)25(14)24-9)11-4-2-3-5-13(11)17(19,20)21/h2-8H,1H3. The van der Waals surface area contributed by atoms with E-state index < -0.39 is 11.7 Å². The van der Waals surface area contributed by atoms with Crippen molar-refractivity contribution in [3.8, 4) is 11.1 Å². The Bertz CT molecular complexity index is 1120. The van der Waals surface area contributed by atoms with Crippen molar-refractivity contribution in [2.24, 2.45) is 0 Å². The third-order valence-electron chi connectivity index (χ3n) is 3.86. The largest absolute Gasteiger partial charge is 0.417 e. The summed E-state index contributed by atoms with van der Waals surface area (Å²) in [5.74, 6) is 0. The van der Waals surface area contributed by atoms with E-state index >= 15 is 0 Å². The van der Waals surface area contributed by atoms with E-state index in [4.69, 9.17) is 11.6 Å². The van der Waals surface area contributed by atoms with Crippen molar-refractivity contribution in [3.05, 3.63) is 59.0 Å². The Balaban J connectivity index is 2.01. The van der Waals surface area contributed by atoms with Gasteiger partial charge in [0.25, 0.3) is 0 Å². The van der Waals surface area contributed by atoms with Crippen LogP contribution in [0.1, 0.15) is 11.3 Å². The molecular weight excluding hydrogens is 353 g/mol. The number of halogens is 4. The molecule has 8 heteroatoms. The van der Waals surface area contributed by atoms with Gasteiger partial charge < -0.3 is 0 Å². The summed E-state index contributed by atoms with van der Waals surface area (Å²) in [7, 11) is 0. The molecule has 0 fully saturated rings. The number of aryl methyl sites for hydroxylation is 1. The van der Waals surface area contributed by atoms with Crippen LogP contribution in [-0.4, -0.2) is 19.6 Å². The molecule has 0 aliphatic heterocycles. The summed E-state index contributed by atoms with van der Waals surface area (Å²) in [6.07, 6.45) is -2.94. The van der Waals surface area contributed by atoms with Gasteiger partial charge in [0.05, 0.1) is 11.3 Å². The predicted molar refractivity (Wildman–Crippen MR) is 88.5 cm³/mol. The van der Waals surface area contributed by atoms with E-state index in [0.29, 0.717) is 16.7 Å². The Morgan fingerprint density at radius 3 is 2.60 bits per heavy atom. The molecule has 0 radical (unpaired) electrons. The van der Waals surface area contributed by atoms with Gasteiger partial charge in [0.2, 0.25) is 0 Å². The zero-order chi connectivity index (χ0) is 17.8. The lowest BCUT2D eigenvalue weighted by atomic mass is 10.00. The highest BCUT2D eigenvalue weighted by Gasteiger charge is 2.34. The number of alkyl halides is 3. The summed E-state index contributed by atoms with van der Waals surface area (Å²) in [5.41, 5.74) is 1.21. The first kappa shape index (κ1) is 15.8. The maximum absolute atomic E-state index is 13.3. The molecule has 0 saturated carbocycles. The topological polar surface area (TPSA) is 43.1 Å². The molecule has 0 N–H and O–H groups in total. The minimum absolute atomic E-state index is 0.0221. The second kappa shape index (κ2) is 5.42. The highest BCUT2D eigenvalue weighted by atomic mass is 35.5. The van der Waals surface area contributed by atoms with E-state index in [1.54, 1.807) is 18.3 Å². The van der Waals surface area contributed by atoms with Crippen LogP contribution in [0.2, 0.25) is 5.15 Å². The molecule has 0 saturated heterocycles. The third-order valence-corrected chi connectivity index (χ3v) is 4.14. The van der Waals surface area contributed by atoms with Gasteiger partial charge in [-0.1, -0.05) is 29.8 Å². The first-order valence-electron chi connectivity index (χ1n) is 7.33. The number of rotatable bonds is 1. The molecule has 4 aromatic rings. The lowest BCUT2D eigenvalue weighted by Crippen LogP contribution is -2.07. The molecular formula is C17H10ClF3N4. The van der Waals surface area contributed by atoms with Gasteiger partial charge in [0.1, 0.15) is 5.15 Å². The summed E-state index contributed by atoms with van der Waals surface area (Å²) in [6.45, 7) is 1.82. The molecule has 0 amide bonds. The predicted octanol–water partition coefficient (Wildman–Crippen LogP) is 4.93. The Morgan fingerprint density at radius 2 is 1.84 bits per heavy atom. The van der Waals surface area contributed by atoms with Crippen LogP contribution in [0.25, 0.3) is 27.8 Å². The molecule has 126 valence electrons. The molecule has 0 aliphatic carbocycles. The fourth-order valence-corrected chi connectivity index (χ4v) is 3.02. The summed E-state index contributed by atoms with van der Waals surface area (Å²) < 4.78 is 41.4. The average molecular weight is 363 g/mol. The van der Waals surface area contributed by atoms with Gasteiger partial charge in [-0.05, 0) is 24.6 Å². The number of pyridine rings is 1. The van der Waals surface area contributed by atoms with Crippen LogP contribution < -0.4 is 0 Å². The lowest BCUT2D eigenvalue weighted by molar-refractivity contribution is -0.137. The SMILES string of the molecule is Cc1cc2ncc3cc(-c4ccccc4C(F)(F)F)c(Cl)nc3n2n1. The first-order valence-corrected chi connectivity index (χ1v) is 7.70. The Morgan fingerprint density at radius 1 is 1.08 bits per heavy atom. The molecule has 0 atom stereocenters. The molecule has 4 rings (SSSR count). The second-order valence-corrected chi connectivity index (χ2v) is 5.95. The van der Waals surface area contributed by atoms with Gasteiger partial charge in [-0.25, -0.2) is 9.97 Å². The number of hydrogen-bond donors (Lipinski definition) is 0. The van der Waals surface area contributed by atoms with Crippen molar-refractivity contribution in [3.63, 3.8) is 0 Å². The van der Waals surface area contributed by atoms with Crippen LogP contribution in [0.4, 0.5) is 13.2 Å². The van der Waals surface area contributed by atoms with E-state index in [-0.39, 0.29) is 16.3 Å². The lowest BCUT2D eigenvalue weighted by Gasteiger charge is -2.14. The molecule has 3 aromatic heterocycles. The Kier molecular flexibility index (Phi) is 3.43. The molecule has 0 aliphatic rings. The molecule has 4 nitrogen and oxygen atoms in total. The number of nitrogens with zero attached hydrogens (tertiary/aromatic N) is 4. The van der Waals surface area contributed by atoms with Gasteiger partial charge in [-0.15, -0.1) is 0 Å². The summed E-state index contributed by atoms with van der Waals surface area (Å²) in [6, 6.07) is 8.60. The maximum Gasteiger partial charge on any atom is 0.417 e. The smallest absolute Gasteiger partial charge is 0.236 e. The molecule has 1 aromatic carbocycles. The number of fused-ring (bicyclic) bond motifs is 3. The third kappa shape index (κ3) is 2.60. The van der Waals surface area contributed by atoms with E-state index in [1.807, 2.05) is 6.92 Å². The summed E-state index contributed by atoms with van der Waals surface area (Å²) in [4.78, 5) is 8.54. The molecule has 3 heterocycles. The fourth-order valence-electron chi connectivity index (χ4n) is 2.79. The van der Waals surface area contributed by atoms with Crippen LogP contribution in [0.3, 0.4) is 0 Å². The number of aromatic nitrogens is 4. The van der Waals surface area contributed by atoms with Gasteiger partial charge in [0, 0.05) is 23.2 Å². The van der Waals surface area contributed by atoms with Gasteiger partial charge >= 0.3 is 6.18 Å². The van der Waals surface area contributed by atoms with Gasteiger partial charge in [0.15, 0.2) is 11.3 Å². The monoisotopic (exact) mass is 362 g/mol. The van der Waals surface area contributed by atoms with Crippen LogP contribution in [-0.2, 0) is 6.18 Å². The molecule has 0 spiro atoms. The second-order valence-electron chi connectivity index (χ2n) is 5.60. The van der Waals surface area contributed by atoms with Crippen molar-refractivity contribution < 1.29 is 13.2 Å². The van der Waals surface area contributed by atoms with E-state index in [9.17, 15) is 13.2 Å². The average Bonchev–Trinajstić information content (AvgIpc) is 2.94. The number of benzene rings is 1. The summed E-state index contributed by atoms with van der Waals surface area (Å²) >= 11 is 6.23. The van der Waals surface area contributed by atoms with Crippen LogP contribution in [0, 0.1) is 6.92 Å². The first-order chi connectivity index (χ1) is 11.8. The Labute approximate surface area is 144 Å². The summed E-state index contributed by atoms with van der Waals surface area (Å²) in [5, 5.41) is 4.82. The van der Waals surface area contributed by atoms with Crippen molar-refractivity contribution >= 4 is 28.3 Å². The molecule has 25 heavy (non-hydrogen) atoms. The van der Waals surface area contributed by atoms with E-state index in [0.717, 1.165) is 11.8 Å². The van der Waals surface area contributed by atoms with Crippen molar-refractivity contribution in [2.75, 3.05) is 0 Å². The molecule has 0 unspecified atom stereocenters. The number of hydrogen-bond acceptors (Lipinski definition) is 3. The quantitative estimate of drug-likeness (QED) is 0.451. The normalized spacial score (nSPS) is 12.2. The van der Waals surface area contributed by atoms with Crippen molar-refractivity contribution in [1.29, 1.82) is 0 Å². The van der Waals surface area contributed by atoms with Crippen LogP contribution in [0.5, 0.6) is 0 Å². The van der Waals surface area contributed by atoms with E-state index in [2.05, 4.69) is 15.1 Å². The van der Waals surface area contributed by atoms with Gasteiger partial charge in [-0.2, -0.15) is 22.8 Å². The highest BCUT2D eigenvalue weighted by Crippen LogP contribution is 2.39. The van der Waals surface area contributed by atoms with Crippen molar-refractivity contribution in [1.82, 2.24) is 19.6 Å². The van der Waals surface area contributed by atoms with Crippen LogP contribution in [0.15, 0.2) is 42.6 Å². The highest BCUT2D eigenvalue weighted by molar-refractivity contribution is 6.32. The fraction of sp³-hybridized carbons (Fsp3) is 0.118. The van der Waals surface area contributed by atoms with Crippen molar-refractivity contribution in [2.45, 2.75) is 13.1 Å². The van der Waals surface area contributed by atoms with Crippen LogP contribution >= 0.6 is 11.6 Å². The molecule has 0 bridgehead atoms. The van der Waals surface area contributed by atoms with Gasteiger partial charge in [-0.3, -0.25) is 0 Å². The minimum atomic E-state index is -4.49. The zero-order valence-corrected chi connectivity index (χ0v) is 13.6. The maximum atomic E-state index is 13.3.